The van der Waals surface area contributed by atoms with Crippen LogP contribution in [0.15, 0.2) is 66.7 Å². The molecule has 40 heavy (non-hydrogen) atoms. The summed E-state index contributed by atoms with van der Waals surface area (Å²) in [6, 6.07) is 20.3. The number of carbonyl (C=O) groups is 2. The van der Waals surface area contributed by atoms with Crippen LogP contribution in [0.1, 0.15) is 52.6 Å². The molecular weight excluding hydrogens is 514 g/mol. The van der Waals surface area contributed by atoms with Gasteiger partial charge in [-0.1, -0.05) is 30.3 Å². The van der Waals surface area contributed by atoms with Crippen LogP contribution in [0.3, 0.4) is 0 Å². The van der Waals surface area contributed by atoms with Crippen molar-refractivity contribution >= 4 is 12.1 Å². The monoisotopic (exact) mass is 547 g/mol. The van der Waals surface area contributed by atoms with E-state index in [0.29, 0.717) is 45.9 Å². The second kappa shape index (κ2) is 12.0. The van der Waals surface area contributed by atoms with Gasteiger partial charge in [0.05, 0.1) is 31.9 Å². The van der Waals surface area contributed by atoms with Crippen molar-refractivity contribution < 1.29 is 38.4 Å². The molecule has 0 aromatic heterocycles. The van der Waals surface area contributed by atoms with E-state index in [4.69, 9.17) is 28.8 Å². The number of carboxylic acid groups (broad SMARTS) is 1. The largest absolute Gasteiger partial charge is 0.491 e. The third-order valence-corrected chi connectivity index (χ3v) is 6.81. The molecule has 0 radical (unpaired) electrons. The summed E-state index contributed by atoms with van der Waals surface area (Å²) in [4.78, 5) is 25.3. The zero-order valence-electron chi connectivity index (χ0n) is 22.6. The van der Waals surface area contributed by atoms with Crippen molar-refractivity contribution in [3.05, 3.63) is 94.5 Å². The number of carbonyl (C=O) groups excluding carboxylic acids is 1. The predicted molar refractivity (Wildman–Crippen MR) is 145 cm³/mol. The van der Waals surface area contributed by atoms with Gasteiger partial charge in [0.1, 0.15) is 24.2 Å². The number of amides is 1. The minimum atomic E-state index is -0.959. The molecule has 0 aliphatic carbocycles. The van der Waals surface area contributed by atoms with Crippen molar-refractivity contribution in [2.45, 2.75) is 45.4 Å². The van der Waals surface area contributed by atoms with Crippen molar-refractivity contribution in [1.29, 1.82) is 0 Å². The number of benzene rings is 3. The highest BCUT2D eigenvalue weighted by Crippen LogP contribution is 2.35. The Bertz CT molecular complexity index is 1350. The van der Waals surface area contributed by atoms with Crippen LogP contribution in [0.4, 0.5) is 4.79 Å². The van der Waals surface area contributed by atoms with E-state index >= 15 is 0 Å². The van der Waals surface area contributed by atoms with Crippen molar-refractivity contribution in [2.24, 2.45) is 0 Å². The summed E-state index contributed by atoms with van der Waals surface area (Å²) in [5, 5.41) is 9.07. The molecule has 1 saturated heterocycles. The molecule has 1 fully saturated rings. The molecule has 1 N–H and O–H groups in total. The summed E-state index contributed by atoms with van der Waals surface area (Å²) in [5.41, 5.74) is 4.01. The second-order valence-electron chi connectivity index (χ2n) is 10.3. The summed E-state index contributed by atoms with van der Waals surface area (Å²) >= 11 is 0. The fourth-order valence-electron chi connectivity index (χ4n) is 4.64. The topological polar surface area (TPSA) is 104 Å². The Morgan fingerprint density at radius 3 is 2.67 bits per heavy atom. The molecule has 9 nitrogen and oxygen atoms in total. The van der Waals surface area contributed by atoms with E-state index < -0.39 is 11.8 Å². The Balaban J connectivity index is 1.04. The molecule has 210 valence electrons. The summed E-state index contributed by atoms with van der Waals surface area (Å²) in [6.07, 6.45) is 0.0551. The third kappa shape index (κ3) is 6.91. The van der Waals surface area contributed by atoms with Gasteiger partial charge in [0.2, 0.25) is 5.79 Å². The van der Waals surface area contributed by atoms with Crippen molar-refractivity contribution in [3.63, 3.8) is 0 Å². The molecule has 0 saturated carbocycles. The molecule has 1 atom stereocenters. The van der Waals surface area contributed by atoms with Crippen LogP contribution in [0.25, 0.3) is 0 Å². The van der Waals surface area contributed by atoms with Crippen LogP contribution in [0, 0.1) is 0 Å². The quantitative estimate of drug-likeness (QED) is 0.320. The maximum absolute atomic E-state index is 12.5. The van der Waals surface area contributed by atoms with Gasteiger partial charge >= 0.3 is 12.1 Å². The highest BCUT2D eigenvalue weighted by molar-refractivity contribution is 5.87. The molecule has 3 aromatic rings. The molecule has 5 rings (SSSR count). The lowest BCUT2D eigenvalue weighted by Gasteiger charge is -2.32. The predicted octanol–water partition coefficient (Wildman–Crippen LogP) is 5.36. The van der Waals surface area contributed by atoms with Crippen molar-refractivity contribution in [1.82, 2.24) is 4.90 Å². The number of carboxylic acids is 1. The van der Waals surface area contributed by atoms with E-state index in [-0.39, 0.29) is 17.8 Å². The molecule has 2 heterocycles. The first kappa shape index (κ1) is 27.5. The van der Waals surface area contributed by atoms with Crippen LogP contribution in [-0.2, 0) is 33.8 Å². The van der Waals surface area contributed by atoms with E-state index in [1.807, 2.05) is 62.4 Å². The zero-order valence-corrected chi connectivity index (χ0v) is 22.6. The lowest BCUT2D eigenvalue weighted by molar-refractivity contribution is -0.180. The number of fused-ring (bicyclic) bond motifs is 1. The highest BCUT2D eigenvalue weighted by atomic mass is 16.7. The van der Waals surface area contributed by atoms with Gasteiger partial charge in [-0.05, 0) is 59.5 Å². The second-order valence-corrected chi connectivity index (χ2v) is 10.3. The van der Waals surface area contributed by atoms with Gasteiger partial charge in [-0.3, -0.25) is 0 Å². The van der Waals surface area contributed by atoms with Gasteiger partial charge in [0.25, 0.3) is 0 Å². The van der Waals surface area contributed by atoms with E-state index in [0.717, 1.165) is 33.8 Å². The Morgan fingerprint density at radius 1 is 1.05 bits per heavy atom. The first-order chi connectivity index (χ1) is 19.3. The Hall–Kier alpha value is -4.08. The van der Waals surface area contributed by atoms with Gasteiger partial charge in [-0.2, -0.15) is 0 Å². The summed E-state index contributed by atoms with van der Waals surface area (Å²) in [7, 11) is 0. The molecule has 0 unspecified atom stereocenters. The Labute approximate surface area is 233 Å². The fourth-order valence-corrected chi connectivity index (χ4v) is 4.64. The van der Waals surface area contributed by atoms with E-state index in [1.54, 1.807) is 23.1 Å². The number of nitrogens with zero attached hydrogens (tertiary/aromatic N) is 1. The zero-order chi connectivity index (χ0) is 28.1. The molecule has 9 heteroatoms. The van der Waals surface area contributed by atoms with Gasteiger partial charge in [0, 0.05) is 26.0 Å². The maximum Gasteiger partial charge on any atom is 0.410 e. The van der Waals surface area contributed by atoms with E-state index in [2.05, 4.69) is 0 Å². The first-order valence-electron chi connectivity index (χ1n) is 13.3. The van der Waals surface area contributed by atoms with E-state index in [1.165, 1.54) is 0 Å². The number of aromatic carboxylic acids is 1. The molecule has 2 aliphatic heterocycles. The summed E-state index contributed by atoms with van der Waals surface area (Å²) < 4.78 is 28.6. The number of hydrogen-bond acceptors (Lipinski definition) is 7. The average Bonchev–Trinajstić information content (AvgIpc) is 3.32. The molecule has 2 aliphatic rings. The number of cyclic esters (lactones) is 1. The minimum Gasteiger partial charge on any atom is -0.491 e. The van der Waals surface area contributed by atoms with Crippen LogP contribution in [-0.4, -0.2) is 54.2 Å². The van der Waals surface area contributed by atoms with Crippen molar-refractivity contribution in [2.75, 3.05) is 26.3 Å². The van der Waals surface area contributed by atoms with E-state index in [9.17, 15) is 9.59 Å². The average molecular weight is 548 g/mol. The van der Waals surface area contributed by atoms with Crippen LogP contribution < -0.4 is 9.47 Å². The maximum atomic E-state index is 12.5. The molecule has 1 amide bonds. The number of hydrogen-bond donors (Lipinski definition) is 1. The smallest absolute Gasteiger partial charge is 0.410 e. The Kier molecular flexibility index (Phi) is 8.23. The molecule has 0 spiro atoms. The van der Waals surface area contributed by atoms with Gasteiger partial charge in [-0.25, -0.2) is 9.59 Å². The lowest BCUT2D eigenvalue weighted by Crippen LogP contribution is -2.35. The molecule has 3 aromatic carbocycles. The van der Waals surface area contributed by atoms with Gasteiger partial charge < -0.3 is 33.7 Å². The SMILES string of the molecule is CC1(C)OCc2cc([C@@H]3CN(CCc4ccc(OCCOCc5cccc(C(=O)O)c5)cc4)C(=O)O3)ccc2O1. The third-order valence-electron chi connectivity index (χ3n) is 6.81. The summed E-state index contributed by atoms with van der Waals surface area (Å²) in [5.74, 6) is -0.0860. The first-order valence-corrected chi connectivity index (χ1v) is 13.3. The fraction of sp³-hybridized carbons (Fsp3) is 0.355. The standard InChI is InChI=1S/C31H33NO8/c1-31(2)38-20-25-17-23(8-11-27(25)40-31)28-18-32(30(35)39-28)13-12-21-6-9-26(10-7-21)37-15-14-36-19-22-4-3-5-24(16-22)29(33)34/h3-11,16-17,28H,12-15,18-20H2,1-2H3,(H,33,34)/t28-/m0/s1. The van der Waals surface area contributed by atoms with Crippen LogP contribution >= 0.6 is 0 Å². The minimum absolute atomic E-state index is 0.239. The molecular formula is C31H33NO8. The van der Waals surface area contributed by atoms with Crippen molar-refractivity contribution in [3.8, 4) is 11.5 Å². The van der Waals surface area contributed by atoms with Gasteiger partial charge in [-0.15, -0.1) is 0 Å². The Morgan fingerprint density at radius 2 is 1.88 bits per heavy atom. The number of rotatable bonds is 11. The number of ether oxygens (including phenoxy) is 5. The normalized spacial score (nSPS) is 17.6. The van der Waals surface area contributed by atoms with Crippen LogP contribution in [0.5, 0.6) is 11.5 Å². The van der Waals surface area contributed by atoms with Gasteiger partial charge in [0.15, 0.2) is 0 Å². The molecule has 0 bridgehead atoms. The lowest BCUT2D eigenvalue weighted by atomic mass is 10.0. The highest BCUT2D eigenvalue weighted by Gasteiger charge is 2.33. The summed E-state index contributed by atoms with van der Waals surface area (Å²) in [6.45, 7) is 6.33. The van der Waals surface area contributed by atoms with Crippen LogP contribution in [0.2, 0.25) is 0 Å².